The van der Waals surface area contributed by atoms with Gasteiger partial charge in [0, 0.05) is 12.2 Å². The minimum absolute atomic E-state index is 0.150. The zero-order valence-electron chi connectivity index (χ0n) is 12.1. The van der Waals surface area contributed by atoms with Crippen molar-refractivity contribution < 1.29 is 9.53 Å². The number of ether oxygens (including phenoxy) is 1. The number of hydrogen-bond acceptors (Lipinski definition) is 2. The Hall–Kier alpha value is -1.71. The quantitative estimate of drug-likeness (QED) is 0.738. The molecule has 0 fully saturated rings. The predicted molar refractivity (Wildman–Crippen MR) is 78.9 cm³/mol. The molecule has 0 aliphatic heterocycles. The maximum atomic E-state index is 11.7. The van der Waals surface area contributed by atoms with E-state index < -0.39 is 0 Å². The monoisotopic (exact) mass is 264 g/mol. The first-order valence-electron chi connectivity index (χ1n) is 6.95. The number of urea groups is 1. The van der Waals surface area contributed by atoms with E-state index in [1.165, 1.54) is 0 Å². The Labute approximate surface area is 115 Å². The number of unbranched alkanes of at least 4 members (excludes halogenated alkanes) is 2. The van der Waals surface area contributed by atoms with Crippen molar-refractivity contribution in [3.05, 3.63) is 23.8 Å². The smallest absolute Gasteiger partial charge is 0.319 e. The fourth-order valence-corrected chi connectivity index (χ4v) is 1.78. The molecule has 1 aromatic carbocycles. The average Bonchev–Trinajstić information content (AvgIpc) is 2.38. The summed E-state index contributed by atoms with van der Waals surface area (Å²) in [6, 6.07) is 5.51. The van der Waals surface area contributed by atoms with Crippen LogP contribution in [0.5, 0.6) is 5.75 Å². The highest BCUT2D eigenvalue weighted by atomic mass is 16.5. The second kappa shape index (κ2) is 8.40. The molecule has 0 radical (unpaired) electrons. The van der Waals surface area contributed by atoms with Crippen LogP contribution >= 0.6 is 0 Å². The molecule has 0 aliphatic carbocycles. The maximum Gasteiger partial charge on any atom is 0.319 e. The largest absolute Gasteiger partial charge is 0.494 e. The van der Waals surface area contributed by atoms with Crippen LogP contribution in [0, 0.1) is 6.92 Å². The summed E-state index contributed by atoms with van der Waals surface area (Å²) in [6.07, 6.45) is 3.32. The van der Waals surface area contributed by atoms with Gasteiger partial charge in [0.05, 0.1) is 6.61 Å². The third kappa shape index (κ3) is 5.64. The number of nitrogens with one attached hydrogen (secondary N) is 2. The van der Waals surface area contributed by atoms with Gasteiger partial charge < -0.3 is 15.4 Å². The van der Waals surface area contributed by atoms with Crippen LogP contribution in [-0.2, 0) is 0 Å². The predicted octanol–water partition coefficient (Wildman–Crippen LogP) is 3.71. The summed E-state index contributed by atoms with van der Waals surface area (Å²) in [5, 5.41) is 5.70. The van der Waals surface area contributed by atoms with E-state index in [-0.39, 0.29) is 6.03 Å². The van der Waals surface area contributed by atoms with Crippen molar-refractivity contribution in [1.82, 2.24) is 5.32 Å². The van der Waals surface area contributed by atoms with Crippen LogP contribution in [0.25, 0.3) is 0 Å². The van der Waals surface area contributed by atoms with Crippen LogP contribution in [0.1, 0.15) is 38.7 Å². The van der Waals surface area contributed by atoms with Gasteiger partial charge in [0.1, 0.15) is 5.75 Å². The molecule has 0 aromatic heterocycles. The molecule has 0 bridgehead atoms. The lowest BCUT2D eigenvalue weighted by molar-refractivity contribution is 0.252. The Kier molecular flexibility index (Phi) is 6.79. The van der Waals surface area contributed by atoms with Gasteiger partial charge in [0.2, 0.25) is 0 Å². The molecule has 4 nitrogen and oxygen atoms in total. The zero-order chi connectivity index (χ0) is 14.1. The fourth-order valence-electron chi connectivity index (χ4n) is 1.78. The topological polar surface area (TPSA) is 50.4 Å². The molecule has 2 N–H and O–H groups in total. The van der Waals surface area contributed by atoms with Gasteiger partial charge in [-0.1, -0.05) is 19.8 Å². The first-order chi connectivity index (χ1) is 9.17. The number of anilines is 1. The van der Waals surface area contributed by atoms with Crippen LogP contribution in [-0.4, -0.2) is 19.2 Å². The van der Waals surface area contributed by atoms with Crippen molar-refractivity contribution in [2.24, 2.45) is 0 Å². The van der Waals surface area contributed by atoms with Crippen LogP contribution in [0.3, 0.4) is 0 Å². The molecule has 0 atom stereocenters. The molecule has 0 saturated carbocycles. The lowest BCUT2D eigenvalue weighted by Gasteiger charge is -2.11. The lowest BCUT2D eigenvalue weighted by Crippen LogP contribution is -2.29. The zero-order valence-corrected chi connectivity index (χ0v) is 12.1. The van der Waals surface area contributed by atoms with Gasteiger partial charge >= 0.3 is 6.03 Å². The number of hydrogen-bond donors (Lipinski definition) is 2. The highest BCUT2D eigenvalue weighted by Gasteiger charge is 2.04. The van der Waals surface area contributed by atoms with E-state index in [2.05, 4.69) is 17.6 Å². The number of aryl methyl sites for hydroxylation is 1. The Morgan fingerprint density at radius 3 is 2.68 bits per heavy atom. The molecule has 1 aromatic rings. The van der Waals surface area contributed by atoms with E-state index in [1.54, 1.807) is 0 Å². The van der Waals surface area contributed by atoms with Gasteiger partial charge in [-0.2, -0.15) is 0 Å². The van der Waals surface area contributed by atoms with Crippen LogP contribution in [0.15, 0.2) is 18.2 Å². The second-order valence-electron chi connectivity index (χ2n) is 4.50. The maximum absolute atomic E-state index is 11.7. The number of rotatable bonds is 7. The first kappa shape index (κ1) is 15.3. The normalized spacial score (nSPS) is 10.1. The van der Waals surface area contributed by atoms with E-state index in [1.807, 2.05) is 32.0 Å². The summed E-state index contributed by atoms with van der Waals surface area (Å²) < 4.78 is 5.41. The van der Waals surface area contributed by atoms with E-state index >= 15 is 0 Å². The van der Waals surface area contributed by atoms with Gasteiger partial charge in [-0.05, 0) is 44.0 Å². The molecule has 1 rings (SSSR count). The Morgan fingerprint density at radius 2 is 2.05 bits per heavy atom. The van der Waals surface area contributed by atoms with Crippen molar-refractivity contribution in [1.29, 1.82) is 0 Å². The average molecular weight is 264 g/mol. The molecule has 0 unspecified atom stereocenters. The van der Waals surface area contributed by atoms with Gasteiger partial charge in [-0.3, -0.25) is 0 Å². The molecule has 19 heavy (non-hydrogen) atoms. The number of carbonyl (C=O) groups is 1. The standard InChI is InChI=1S/C15H24N2O2/c1-4-6-7-10-16-15(18)17-14-9-8-13(19-5-2)11-12(14)3/h8-9,11H,4-7,10H2,1-3H3,(H2,16,17,18). The Bertz CT molecular complexity index is 405. The summed E-state index contributed by atoms with van der Waals surface area (Å²) in [5.74, 6) is 0.828. The summed E-state index contributed by atoms with van der Waals surface area (Å²) in [4.78, 5) is 11.7. The second-order valence-corrected chi connectivity index (χ2v) is 4.50. The van der Waals surface area contributed by atoms with Crippen LogP contribution in [0.2, 0.25) is 0 Å². The first-order valence-corrected chi connectivity index (χ1v) is 6.95. The summed E-state index contributed by atoms with van der Waals surface area (Å²) in [5.41, 5.74) is 1.81. The molecule has 106 valence electrons. The molecule has 0 spiro atoms. The molecule has 0 heterocycles. The number of benzene rings is 1. The van der Waals surface area contributed by atoms with Crippen molar-refractivity contribution >= 4 is 11.7 Å². The van der Waals surface area contributed by atoms with Gasteiger partial charge in [0.15, 0.2) is 0 Å². The minimum atomic E-state index is -0.150. The van der Waals surface area contributed by atoms with Crippen LogP contribution < -0.4 is 15.4 Å². The Morgan fingerprint density at radius 1 is 1.26 bits per heavy atom. The molecule has 2 amide bonds. The number of carbonyl (C=O) groups excluding carboxylic acids is 1. The van der Waals surface area contributed by atoms with Crippen molar-refractivity contribution in [2.45, 2.75) is 40.0 Å². The van der Waals surface area contributed by atoms with Crippen LogP contribution in [0.4, 0.5) is 10.5 Å². The molecule has 4 heteroatoms. The lowest BCUT2D eigenvalue weighted by atomic mass is 10.2. The third-order valence-electron chi connectivity index (χ3n) is 2.82. The molecular formula is C15H24N2O2. The highest BCUT2D eigenvalue weighted by Crippen LogP contribution is 2.21. The molecule has 0 saturated heterocycles. The van der Waals surface area contributed by atoms with E-state index in [9.17, 15) is 4.79 Å². The fraction of sp³-hybridized carbons (Fsp3) is 0.533. The van der Waals surface area contributed by atoms with Gasteiger partial charge in [-0.15, -0.1) is 0 Å². The van der Waals surface area contributed by atoms with Crippen molar-refractivity contribution in [3.63, 3.8) is 0 Å². The van der Waals surface area contributed by atoms with Gasteiger partial charge in [0.25, 0.3) is 0 Å². The summed E-state index contributed by atoms with van der Waals surface area (Å²) >= 11 is 0. The van der Waals surface area contributed by atoms with Crippen molar-refractivity contribution in [3.8, 4) is 5.75 Å². The van der Waals surface area contributed by atoms with Crippen molar-refractivity contribution in [2.75, 3.05) is 18.5 Å². The SMILES string of the molecule is CCCCCNC(=O)Nc1ccc(OCC)cc1C. The van der Waals surface area contributed by atoms with Gasteiger partial charge in [-0.25, -0.2) is 4.79 Å². The molecular weight excluding hydrogens is 240 g/mol. The highest BCUT2D eigenvalue weighted by molar-refractivity contribution is 5.90. The third-order valence-corrected chi connectivity index (χ3v) is 2.82. The Balaban J connectivity index is 2.45. The molecule has 0 aliphatic rings. The minimum Gasteiger partial charge on any atom is -0.494 e. The van der Waals surface area contributed by atoms with E-state index in [0.29, 0.717) is 6.61 Å². The summed E-state index contributed by atoms with van der Waals surface area (Å²) in [6.45, 7) is 7.41. The van der Waals surface area contributed by atoms with E-state index in [4.69, 9.17) is 4.74 Å². The summed E-state index contributed by atoms with van der Waals surface area (Å²) in [7, 11) is 0. The van der Waals surface area contributed by atoms with E-state index in [0.717, 1.165) is 42.8 Å². The number of amides is 2.